The quantitative estimate of drug-likeness (QED) is 0.518. The molecule has 2 amide bonds. The first-order valence-corrected chi connectivity index (χ1v) is 9.01. The lowest BCUT2D eigenvalue weighted by Crippen LogP contribution is -2.32. The van der Waals surface area contributed by atoms with Crippen molar-refractivity contribution in [3.63, 3.8) is 0 Å². The summed E-state index contributed by atoms with van der Waals surface area (Å²) in [5.74, 6) is 2.76. The first-order chi connectivity index (χ1) is 13.6. The molecule has 28 heavy (non-hydrogen) atoms. The Morgan fingerprint density at radius 3 is 2.71 bits per heavy atom. The molecular weight excluding hydrogens is 358 g/mol. The fraction of sp³-hybridized carbons (Fsp3) is 0.263. The highest BCUT2D eigenvalue weighted by molar-refractivity contribution is 5.89. The van der Waals surface area contributed by atoms with E-state index in [1.807, 2.05) is 38.2 Å². The summed E-state index contributed by atoms with van der Waals surface area (Å²) in [5, 5.41) is 12.9. The van der Waals surface area contributed by atoms with E-state index < -0.39 is 0 Å². The van der Waals surface area contributed by atoms with Crippen LogP contribution < -0.4 is 20.7 Å². The third-order valence-electron chi connectivity index (χ3n) is 3.70. The molecule has 0 bridgehead atoms. The highest BCUT2D eigenvalue weighted by Gasteiger charge is 2.05. The van der Waals surface area contributed by atoms with E-state index >= 15 is 0 Å². The molecule has 0 fully saturated rings. The van der Waals surface area contributed by atoms with Crippen LogP contribution in [0.4, 0.5) is 16.3 Å². The zero-order valence-corrected chi connectivity index (χ0v) is 15.8. The lowest BCUT2D eigenvalue weighted by Gasteiger charge is -2.11. The molecule has 0 atom stereocenters. The molecule has 0 spiro atoms. The molecule has 9 nitrogen and oxygen atoms in total. The van der Waals surface area contributed by atoms with Crippen molar-refractivity contribution < 1.29 is 9.53 Å². The normalized spacial score (nSPS) is 10.4. The van der Waals surface area contributed by atoms with Gasteiger partial charge >= 0.3 is 6.03 Å². The molecule has 146 valence electrons. The second-order valence-corrected chi connectivity index (χ2v) is 5.87. The molecule has 3 rings (SSSR count). The van der Waals surface area contributed by atoms with Crippen LogP contribution in [0.15, 0.2) is 48.8 Å². The number of carbonyl (C=O) groups excluding carboxylic acids is 1. The maximum atomic E-state index is 12.0. The van der Waals surface area contributed by atoms with E-state index in [2.05, 4.69) is 31.0 Å². The lowest BCUT2D eigenvalue weighted by atomic mass is 10.3. The number of rotatable bonds is 8. The van der Waals surface area contributed by atoms with Crippen LogP contribution in [0.25, 0.3) is 5.82 Å². The molecular formula is C19H23N7O2. The second-order valence-electron chi connectivity index (χ2n) is 5.87. The molecule has 1 aromatic carbocycles. The number of nitrogens with one attached hydrogen (secondary N) is 3. The highest BCUT2D eigenvalue weighted by Crippen LogP contribution is 2.15. The fourth-order valence-electron chi connectivity index (χ4n) is 2.51. The minimum absolute atomic E-state index is 0.276. The number of aryl methyl sites for hydroxylation is 1. The minimum atomic E-state index is -0.276. The number of amides is 2. The van der Waals surface area contributed by atoms with Crippen LogP contribution in [-0.2, 0) is 0 Å². The summed E-state index contributed by atoms with van der Waals surface area (Å²) in [6.07, 6.45) is 3.51. The Kier molecular flexibility index (Phi) is 6.40. The zero-order valence-electron chi connectivity index (χ0n) is 15.8. The summed E-state index contributed by atoms with van der Waals surface area (Å²) in [7, 11) is 0. The van der Waals surface area contributed by atoms with E-state index in [0.29, 0.717) is 42.8 Å². The van der Waals surface area contributed by atoms with Gasteiger partial charge < -0.3 is 20.7 Å². The Bertz CT molecular complexity index is 895. The van der Waals surface area contributed by atoms with Crippen LogP contribution in [0, 0.1) is 6.92 Å². The van der Waals surface area contributed by atoms with Crippen LogP contribution in [0.1, 0.15) is 12.7 Å². The van der Waals surface area contributed by atoms with Gasteiger partial charge in [0.15, 0.2) is 5.82 Å². The third kappa shape index (κ3) is 5.44. The second kappa shape index (κ2) is 9.36. The molecule has 0 saturated carbocycles. The van der Waals surface area contributed by atoms with Crippen LogP contribution in [0.5, 0.6) is 5.75 Å². The summed E-state index contributed by atoms with van der Waals surface area (Å²) in [4.78, 5) is 20.7. The van der Waals surface area contributed by atoms with E-state index in [-0.39, 0.29) is 6.03 Å². The predicted molar refractivity (Wildman–Crippen MR) is 107 cm³/mol. The van der Waals surface area contributed by atoms with E-state index in [9.17, 15) is 4.79 Å². The highest BCUT2D eigenvalue weighted by atomic mass is 16.5. The van der Waals surface area contributed by atoms with Gasteiger partial charge in [0.05, 0.1) is 6.61 Å². The maximum absolute atomic E-state index is 12.0. The van der Waals surface area contributed by atoms with Crippen molar-refractivity contribution in [3.8, 4) is 11.6 Å². The average molecular weight is 381 g/mol. The smallest absolute Gasteiger partial charge is 0.319 e. The summed E-state index contributed by atoms with van der Waals surface area (Å²) < 4.78 is 7.04. The van der Waals surface area contributed by atoms with Gasteiger partial charge in [0.2, 0.25) is 0 Å². The van der Waals surface area contributed by atoms with Crippen LogP contribution in [0.2, 0.25) is 0 Å². The van der Waals surface area contributed by atoms with Gasteiger partial charge in [0.1, 0.15) is 17.4 Å². The Hall–Kier alpha value is -3.62. The standard InChI is InChI=1S/C19H23N7O2/c1-3-28-16-7-5-15(6-8-16)25-19(27)21-11-10-20-17-13-18(24-14(2)23-17)26-12-4-9-22-26/h4-9,12-13H,3,10-11H2,1-2H3,(H,20,23,24)(H2,21,25,27). The number of ether oxygens (including phenoxy) is 1. The van der Waals surface area contributed by atoms with Gasteiger partial charge in [0, 0.05) is 37.2 Å². The molecule has 0 aliphatic rings. The first-order valence-electron chi connectivity index (χ1n) is 9.01. The number of benzene rings is 1. The molecule has 0 aliphatic heterocycles. The third-order valence-corrected chi connectivity index (χ3v) is 3.70. The van der Waals surface area contributed by atoms with Gasteiger partial charge in [0.25, 0.3) is 0 Å². The van der Waals surface area contributed by atoms with E-state index in [1.54, 1.807) is 29.1 Å². The summed E-state index contributed by atoms with van der Waals surface area (Å²) in [6, 6.07) is 10.6. The summed E-state index contributed by atoms with van der Waals surface area (Å²) in [5.41, 5.74) is 0.698. The number of anilines is 2. The molecule has 3 aromatic rings. The van der Waals surface area contributed by atoms with Crippen LogP contribution >= 0.6 is 0 Å². The maximum Gasteiger partial charge on any atom is 0.319 e. The number of nitrogens with zero attached hydrogens (tertiary/aromatic N) is 4. The fourth-order valence-corrected chi connectivity index (χ4v) is 2.51. The number of urea groups is 1. The monoisotopic (exact) mass is 381 g/mol. The molecule has 2 heterocycles. The lowest BCUT2D eigenvalue weighted by molar-refractivity contribution is 0.252. The van der Waals surface area contributed by atoms with Crippen molar-refractivity contribution >= 4 is 17.5 Å². The van der Waals surface area contributed by atoms with Crippen molar-refractivity contribution in [2.75, 3.05) is 30.3 Å². The van der Waals surface area contributed by atoms with Gasteiger partial charge in [-0.2, -0.15) is 5.10 Å². The predicted octanol–water partition coefficient (Wildman–Crippen LogP) is 2.60. The van der Waals surface area contributed by atoms with Gasteiger partial charge in [-0.15, -0.1) is 0 Å². The van der Waals surface area contributed by atoms with Gasteiger partial charge in [-0.25, -0.2) is 19.4 Å². The summed E-state index contributed by atoms with van der Waals surface area (Å²) >= 11 is 0. The average Bonchev–Trinajstić information content (AvgIpc) is 3.22. The van der Waals surface area contributed by atoms with E-state index in [1.165, 1.54) is 0 Å². The molecule has 0 unspecified atom stereocenters. The van der Waals surface area contributed by atoms with E-state index in [4.69, 9.17) is 4.74 Å². The molecule has 0 aliphatic carbocycles. The Morgan fingerprint density at radius 2 is 2.00 bits per heavy atom. The minimum Gasteiger partial charge on any atom is -0.494 e. The SMILES string of the molecule is CCOc1ccc(NC(=O)NCCNc2cc(-n3cccn3)nc(C)n2)cc1. The topological polar surface area (TPSA) is 106 Å². The number of hydrogen-bond donors (Lipinski definition) is 3. The number of hydrogen-bond acceptors (Lipinski definition) is 6. The van der Waals surface area contributed by atoms with Crippen molar-refractivity contribution in [1.29, 1.82) is 0 Å². The van der Waals surface area contributed by atoms with Crippen molar-refractivity contribution in [2.45, 2.75) is 13.8 Å². The first kappa shape index (κ1) is 19.2. The molecule has 0 saturated heterocycles. The van der Waals surface area contributed by atoms with Gasteiger partial charge in [-0.1, -0.05) is 0 Å². The zero-order chi connectivity index (χ0) is 19.8. The molecule has 9 heteroatoms. The van der Waals surface area contributed by atoms with Crippen molar-refractivity contribution in [1.82, 2.24) is 25.1 Å². The Balaban J connectivity index is 1.44. The van der Waals surface area contributed by atoms with Gasteiger partial charge in [-0.3, -0.25) is 0 Å². The summed E-state index contributed by atoms with van der Waals surface area (Å²) in [6.45, 7) is 5.31. The Morgan fingerprint density at radius 1 is 1.18 bits per heavy atom. The molecule has 3 N–H and O–H groups in total. The van der Waals surface area contributed by atoms with Gasteiger partial charge in [-0.05, 0) is 44.2 Å². The largest absolute Gasteiger partial charge is 0.494 e. The van der Waals surface area contributed by atoms with Crippen LogP contribution in [0.3, 0.4) is 0 Å². The van der Waals surface area contributed by atoms with Crippen LogP contribution in [-0.4, -0.2) is 45.5 Å². The molecule has 0 radical (unpaired) electrons. The van der Waals surface area contributed by atoms with Crippen molar-refractivity contribution in [3.05, 3.63) is 54.6 Å². The van der Waals surface area contributed by atoms with Crippen molar-refractivity contribution in [2.24, 2.45) is 0 Å². The molecule has 2 aromatic heterocycles. The Labute approximate surface area is 163 Å². The van der Waals surface area contributed by atoms with E-state index in [0.717, 1.165) is 5.75 Å². The number of carbonyl (C=O) groups is 1. The number of aromatic nitrogens is 4.